The first-order valence-corrected chi connectivity index (χ1v) is 11.9. The number of likely N-dealkylation sites (tertiary alicyclic amines) is 1. The maximum absolute atomic E-state index is 11.5. The number of guanidine groups is 1. The molecule has 0 bridgehead atoms. The van der Waals surface area contributed by atoms with Crippen molar-refractivity contribution in [1.82, 2.24) is 20.5 Å². The Morgan fingerprint density at radius 1 is 1.35 bits per heavy atom. The number of thiazole rings is 1. The van der Waals surface area contributed by atoms with Crippen molar-refractivity contribution in [2.45, 2.75) is 46.2 Å². The van der Waals surface area contributed by atoms with Crippen molar-refractivity contribution in [2.75, 3.05) is 26.2 Å². The average molecular weight is 443 g/mol. The summed E-state index contributed by atoms with van der Waals surface area (Å²) in [6, 6.07) is 8.54. The van der Waals surface area contributed by atoms with Gasteiger partial charge >= 0.3 is 0 Å². The fourth-order valence-corrected chi connectivity index (χ4v) is 4.51. The van der Waals surface area contributed by atoms with Crippen molar-refractivity contribution in [3.05, 3.63) is 51.5 Å². The molecule has 1 aliphatic rings. The SMILES string of the molecule is CCNC(=NCc1cccc(CN2CCCC(C(N)=O)C2)c1)NCCc1csc(C)n1. The van der Waals surface area contributed by atoms with Gasteiger partial charge in [0.15, 0.2) is 5.96 Å². The zero-order valence-corrected chi connectivity index (χ0v) is 19.4. The molecule has 7 nitrogen and oxygen atoms in total. The molecule has 1 atom stereocenters. The van der Waals surface area contributed by atoms with Crippen LogP contribution in [0.25, 0.3) is 0 Å². The molecule has 31 heavy (non-hydrogen) atoms. The number of aromatic nitrogens is 1. The summed E-state index contributed by atoms with van der Waals surface area (Å²) in [7, 11) is 0. The lowest BCUT2D eigenvalue weighted by Crippen LogP contribution is -2.40. The Balaban J connectivity index is 1.53. The number of carbonyl (C=O) groups excluding carboxylic acids is 1. The summed E-state index contributed by atoms with van der Waals surface area (Å²) in [6.45, 7) is 8.93. The van der Waals surface area contributed by atoms with Gasteiger partial charge in [0.1, 0.15) is 0 Å². The van der Waals surface area contributed by atoms with Crippen LogP contribution in [0, 0.1) is 12.8 Å². The molecule has 2 heterocycles. The molecule has 4 N–H and O–H groups in total. The van der Waals surface area contributed by atoms with Gasteiger partial charge in [-0.05, 0) is 44.4 Å². The van der Waals surface area contributed by atoms with Gasteiger partial charge in [-0.2, -0.15) is 0 Å². The van der Waals surface area contributed by atoms with Crippen LogP contribution < -0.4 is 16.4 Å². The number of nitrogens with zero attached hydrogens (tertiary/aromatic N) is 3. The van der Waals surface area contributed by atoms with Gasteiger partial charge in [0.25, 0.3) is 0 Å². The minimum absolute atomic E-state index is 0.0246. The number of piperidine rings is 1. The van der Waals surface area contributed by atoms with Crippen LogP contribution in [0.4, 0.5) is 0 Å². The largest absolute Gasteiger partial charge is 0.369 e. The van der Waals surface area contributed by atoms with Crippen molar-refractivity contribution in [2.24, 2.45) is 16.6 Å². The molecule has 1 amide bonds. The Labute approximate surface area is 189 Å². The van der Waals surface area contributed by atoms with Gasteiger partial charge in [-0.15, -0.1) is 11.3 Å². The Bertz CT molecular complexity index is 880. The fraction of sp³-hybridized carbons (Fsp3) is 0.522. The van der Waals surface area contributed by atoms with Crippen LogP contribution in [0.5, 0.6) is 0 Å². The number of primary amides is 1. The summed E-state index contributed by atoms with van der Waals surface area (Å²) in [4.78, 5) is 23.1. The maximum atomic E-state index is 11.5. The Kier molecular flexibility index (Phi) is 8.85. The van der Waals surface area contributed by atoms with Crippen LogP contribution in [0.15, 0.2) is 34.6 Å². The first-order chi connectivity index (χ1) is 15.0. The van der Waals surface area contributed by atoms with Crippen molar-refractivity contribution < 1.29 is 4.79 Å². The van der Waals surface area contributed by atoms with Crippen molar-refractivity contribution in [1.29, 1.82) is 0 Å². The van der Waals surface area contributed by atoms with Crippen LogP contribution >= 0.6 is 11.3 Å². The van der Waals surface area contributed by atoms with Crippen LogP contribution in [0.2, 0.25) is 0 Å². The average Bonchev–Trinajstić information content (AvgIpc) is 3.17. The van der Waals surface area contributed by atoms with Gasteiger partial charge in [0.05, 0.1) is 23.2 Å². The number of carbonyl (C=O) groups is 1. The monoisotopic (exact) mass is 442 g/mol. The molecule has 1 unspecified atom stereocenters. The summed E-state index contributed by atoms with van der Waals surface area (Å²) in [5.74, 6) is 0.616. The Morgan fingerprint density at radius 3 is 2.94 bits per heavy atom. The van der Waals surface area contributed by atoms with E-state index in [9.17, 15) is 4.79 Å². The molecule has 0 spiro atoms. The number of hydrogen-bond donors (Lipinski definition) is 3. The van der Waals surface area contributed by atoms with Gasteiger partial charge in [-0.3, -0.25) is 9.69 Å². The highest BCUT2D eigenvalue weighted by molar-refractivity contribution is 7.09. The molecule has 1 saturated heterocycles. The van der Waals surface area contributed by atoms with Crippen LogP contribution in [-0.2, 0) is 24.3 Å². The first kappa shape index (κ1) is 23.2. The Hall–Kier alpha value is -2.45. The second-order valence-electron chi connectivity index (χ2n) is 8.03. The fourth-order valence-electron chi connectivity index (χ4n) is 3.86. The standard InChI is InChI=1S/C23H34N6OS/c1-3-25-23(26-10-9-21-16-31-17(2)28-21)27-13-18-6-4-7-19(12-18)14-29-11-5-8-20(15-29)22(24)30/h4,6-7,12,16,20H,3,5,8-11,13-15H2,1-2H3,(H2,24,30)(H2,25,26,27). The lowest BCUT2D eigenvalue weighted by atomic mass is 9.97. The third kappa shape index (κ3) is 7.63. The number of aliphatic imine (C=N–C) groups is 1. The lowest BCUT2D eigenvalue weighted by molar-refractivity contribution is -0.123. The molecule has 168 valence electrons. The summed E-state index contributed by atoms with van der Waals surface area (Å²) in [6.07, 6.45) is 2.81. The van der Waals surface area contributed by atoms with Gasteiger partial charge in [-0.1, -0.05) is 24.3 Å². The normalized spacial score (nSPS) is 17.5. The predicted octanol–water partition coefficient (Wildman–Crippen LogP) is 2.45. The second kappa shape index (κ2) is 11.8. The number of nitrogens with one attached hydrogen (secondary N) is 2. The number of nitrogens with two attached hydrogens (primary N) is 1. The van der Waals surface area contributed by atoms with Crippen LogP contribution in [0.1, 0.15) is 41.6 Å². The molecule has 0 saturated carbocycles. The molecule has 0 radical (unpaired) electrons. The molecule has 3 rings (SSSR count). The number of aryl methyl sites for hydroxylation is 1. The molecule has 1 fully saturated rings. The minimum atomic E-state index is -0.179. The molecular weight excluding hydrogens is 408 g/mol. The van der Waals surface area contributed by atoms with Crippen molar-refractivity contribution in [3.8, 4) is 0 Å². The topological polar surface area (TPSA) is 95.6 Å². The van der Waals surface area contributed by atoms with E-state index in [1.807, 2.05) is 6.92 Å². The molecule has 0 aliphatic carbocycles. The maximum Gasteiger partial charge on any atom is 0.221 e. The number of benzene rings is 1. The van der Waals surface area contributed by atoms with Crippen molar-refractivity contribution in [3.63, 3.8) is 0 Å². The highest BCUT2D eigenvalue weighted by atomic mass is 32.1. The first-order valence-electron chi connectivity index (χ1n) is 11.1. The Morgan fingerprint density at radius 2 is 2.19 bits per heavy atom. The summed E-state index contributed by atoms with van der Waals surface area (Å²) >= 11 is 1.69. The number of hydrogen-bond acceptors (Lipinski definition) is 5. The minimum Gasteiger partial charge on any atom is -0.369 e. The van der Waals surface area contributed by atoms with E-state index in [0.717, 1.165) is 68.6 Å². The van der Waals surface area contributed by atoms with Gasteiger partial charge in [0.2, 0.25) is 5.91 Å². The lowest BCUT2D eigenvalue weighted by Gasteiger charge is -2.31. The molecule has 1 aromatic carbocycles. The van der Waals surface area contributed by atoms with Gasteiger partial charge in [-0.25, -0.2) is 9.98 Å². The van der Waals surface area contributed by atoms with E-state index >= 15 is 0 Å². The molecule has 2 aromatic rings. The van der Waals surface area contributed by atoms with Crippen molar-refractivity contribution >= 4 is 23.2 Å². The van der Waals surface area contributed by atoms with E-state index in [1.165, 1.54) is 11.1 Å². The third-order valence-electron chi connectivity index (χ3n) is 5.41. The molecule has 1 aromatic heterocycles. The van der Waals surface area contributed by atoms with Crippen LogP contribution in [-0.4, -0.2) is 47.9 Å². The zero-order valence-electron chi connectivity index (χ0n) is 18.6. The number of rotatable bonds is 9. The van der Waals surface area contributed by atoms with Crippen LogP contribution in [0.3, 0.4) is 0 Å². The summed E-state index contributed by atoms with van der Waals surface area (Å²) in [5, 5.41) is 9.92. The summed E-state index contributed by atoms with van der Waals surface area (Å²) < 4.78 is 0. The van der Waals surface area contributed by atoms with E-state index in [-0.39, 0.29) is 11.8 Å². The van der Waals surface area contributed by atoms with E-state index in [0.29, 0.717) is 6.54 Å². The van der Waals surface area contributed by atoms with E-state index < -0.39 is 0 Å². The van der Waals surface area contributed by atoms with E-state index in [4.69, 9.17) is 10.7 Å². The highest BCUT2D eigenvalue weighted by Gasteiger charge is 2.23. The van der Waals surface area contributed by atoms with E-state index in [1.54, 1.807) is 11.3 Å². The third-order valence-corrected chi connectivity index (χ3v) is 6.23. The van der Waals surface area contributed by atoms with Gasteiger partial charge < -0.3 is 16.4 Å². The smallest absolute Gasteiger partial charge is 0.221 e. The predicted molar refractivity (Wildman–Crippen MR) is 127 cm³/mol. The quantitative estimate of drug-likeness (QED) is 0.410. The highest BCUT2D eigenvalue weighted by Crippen LogP contribution is 2.19. The molecule has 1 aliphatic heterocycles. The summed E-state index contributed by atoms with van der Waals surface area (Å²) in [5.41, 5.74) is 9.05. The number of amides is 1. The molecular formula is C23H34N6OS. The van der Waals surface area contributed by atoms with E-state index in [2.05, 4.69) is 57.1 Å². The molecule has 8 heteroatoms. The van der Waals surface area contributed by atoms with Gasteiger partial charge in [0, 0.05) is 38.0 Å². The zero-order chi connectivity index (χ0) is 22.1. The second-order valence-corrected chi connectivity index (χ2v) is 9.09.